The summed E-state index contributed by atoms with van der Waals surface area (Å²) in [5.41, 5.74) is 0.855. The van der Waals surface area contributed by atoms with Gasteiger partial charge in [0, 0.05) is 18.9 Å². The molecule has 3 rings (SSSR count). The number of rotatable bonds is 4. The average molecular weight is 336 g/mol. The van der Waals surface area contributed by atoms with Gasteiger partial charge < -0.3 is 5.11 Å². The minimum atomic E-state index is -3.87. The molecule has 0 radical (unpaired) electrons. The van der Waals surface area contributed by atoms with Gasteiger partial charge in [0.1, 0.15) is 5.82 Å². The van der Waals surface area contributed by atoms with Gasteiger partial charge in [-0.1, -0.05) is 0 Å². The summed E-state index contributed by atoms with van der Waals surface area (Å²) in [6, 6.07) is 5.70. The first-order chi connectivity index (χ1) is 10.9. The molecule has 6 nitrogen and oxygen atoms in total. The predicted molar refractivity (Wildman–Crippen MR) is 78.4 cm³/mol. The molecule has 23 heavy (non-hydrogen) atoms. The summed E-state index contributed by atoms with van der Waals surface area (Å²) in [5, 5.41) is 9.10. The summed E-state index contributed by atoms with van der Waals surface area (Å²) in [6.45, 7) is -0.000894. The number of benzene rings is 1. The molecule has 0 unspecified atom stereocenters. The molecule has 2 heterocycles. The van der Waals surface area contributed by atoms with Crippen molar-refractivity contribution in [3.8, 4) is 0 Å². The van der Waals surface area contributed by atoms with Crippen molar-refractivity contribution in [2.45, 2.75) is 23.9 Å². The molecule has 8 heteroatoms. The summed E-state index contributed by atoms with van der Waals surface area (Å²) in [4.78, 5) is 15.0. The first-order valence-electron chi connectivity index (χ1n) is 6.81. The van der Waals surface area contributed by atoms with Crippen LogP contribution >= 0.6 is 0 Å². The Kier molecular flexibility index (Phi) is 3.87. The van der Waals surface area contributed by atoms with Gasteiger partial charge in [-0.05, 0) is 41.5 Å². The second kappa shape index (κ2) is 5.71. The summed E-state index contributed by atoms with van der Waals surface area (Å²) in [7, 11) is -3.87. The number of carboxylic acid groups (broad SMARTS) is 1. The lowest BCUT2D eigenvalue weighted by Crippen LogP contribution is -2.29. The topological polar surface area (TPSA) is 87.6 Å². The van der Waals surface area contributed by atoms with Gasteiger partial charge in [-0.2, -0.15) is 4.31 Å². The highest BCUT2D eigenvalue weighted by atomic mass is 32.2. The summed E-state index contributed by atoms with van der Waals surface area (Å²) in [5.74, 6) is -1.75. The summed E-state index contributed by atoms with van der Waals surface area (Å²) in [6.07, 6.45) is 2.62. The second-order valence-corrected chi connectivity index (χ2v) is 7.06. The maximum atomic E-state index is 13.5. The van der Waals surface area contributed by atoms with E-state index >= 15 is 0 Å². The van der Waals surface area contributed by atoms with Crippen LogP contribution < -0.4 is 0 Å². The van der Waals surface area contributed by atoms with Gasteiger partial charge in [0.15, 0.2) is 0 Å². The number of sulfonamides is 1. The number of aliphatic carboxylic acids is 1. The Labute approximate surface area is 132 Å². The molecule has 0 amide bonds. The van der Waals surface area contributed by atoms with Crippen LogP contribution in [-0.4, -0.2) is 28.8 Å². The Hall–Kier alpha value is -2.32. The molecule has 120 valence electrons. The van der Waals surface area contributed by atoms with Crippen molar-refractivity contribution in [3.63, 3.8) is 0 Å². The highest BCUT2D eigenvalue weighted by Gasteiger charge is 2.43. The molecule has 1 N–H and O–H groups in total. The van der Waals surface area contributed by atoms with Crippen LogP contribution in [0.15, 0.2) is 47.6 Å². The zero-order chi connectivity index (χ0) is 16.6. The van der Waals surface area contributed by atoms with Crippen molar-refractivity contribution in [1.82, 2.24) is 9.29 Å². The lowest BCUT2D eigenvalue weighted by Gasteiger charge is -2.22. The van der Waals surface area contributed by atoms with E-state index in [4.69, 9.17) is 5.11 Å². The van der Waals surface area contributed by atoms with E-state index in [-0.39, 0.29) is 17.0 Å². The van der Waals surface area contributed by atoms with Gasteiger partial charge in [-0.25, -0.2) is 12.8 Å². The second-order valence-electron chi connectivity index (χ2n) is 5.20. The van der Waals surface area contributed by atoms with Crippen LogP contribution in [0.5, 0.6) is 0 Å². The molecule has 0 saturated carbocycles. The van der Waals surface area contributed by atoms with E-state index in [0.29, 0.717) is 5.56 Å². The molecule has 1 aliphatic heterocycles. The van der Waals surface area contributed by atoms with Crippen LogP contribution in [0.1, 0.15) is 23.6 Å². The fourth-order valence-corrected chi connectivity index (χ4v) is 4.53. The Bertz CT molecular complexity index is 855. The number of nitrogens with zero attached hydrogens (tertiary/aromatic N) is 2. The highest BCUT2D eigenvalue weighted by Crippen LogP contribution is 2.42. The van der Waals surface area contributed by atoms with Crippen LogP contribution in [0, 0.1) is 5.82 Å². The summed E-state index contributed by atoms with van der Waals surface area (Å²) >= 11 is 0. The lowest BCUT2D eigenvalue weighted by atomic mass is 10.0. The average Bonchev–Trinajstić information content (AvgIpc) is 2.69. The lowest BCUT2D eigenvalue weighted by molar-refractivity contribution is -0.138. The molecular weight excluding hydrogens is 323 g/mol. The summed E-state index contributed by atoms with van der Waals surface area (Å²) < 4.78 is 40.0. The van der Waals surface area contributed by atoms with Crippen molar-refractivity contribution in [2.75, 3.05) is 0 Å². The predicted octanol–water partition coefficient (Wildman–Crippen LogP) is 1.94. The van der Waals surface area contributed by atoms with Crippen LogP contribution in [0.3, 0.4) is 0 Å². The molecule has 1 aromatic carbocycles. The molecule has 1 aliphatic rings. The number of fused-ring (bicyclic) bond motifs is 1. The largest absolute Gasteiger partial charge is 0.481 e. The fraction of sp³-hybridized carbons (Fsp3) is 0.200. The first-order valence-corrected chi connectivity index (χ1v) is 8.25. The van der Waals surface area contributed by atoms with Crippen LogP contribution in [0.25, 0.3) is 0 Å². The van der Waals surface area contributed by atoms with Gasteiger partial charge >= 0.3 is 5.97 Å². The standard InChI is InChI=1S/C15H13FN2O4S/c16-11-1-2-14-12(7-11)13(8-15(19)20)18(23(14,21)22)9-10-3-5-17-6-4-10/h1-7,13H,8-9H2,(H,19,20)/t13-/m0/s1. The van der Waals surface area contributed by atoms with Crippen molar-refractivity contribution in [3.05, 3.63) is 59.7 Å². The quantitative estimate of drug-likeness (QED) is 0.922. The Morgan fingerprint density at radius 2 is 1.96 bits per heavy atom. The van der Waals surface area contributed by atoms with Gasteiger partial charge in [-0.3, -0.25) is 9.78 Å². The zero-order valence-electron chi connectivity index (χ0n) is 11.9. The molecule has 1 atom stereocenters. The highest BCUT2D eigenvalue weighted by molar-refractivity contribution is 7.89. The number of hydrogen-bond acceptors (Lipinski definition) is 4. The maximum absolute atomic E-state index is 13.5. The third-order valence-corrected chi connectivity index (χ3v) is 5.65. The Morgan fingerprint density at radius 1 is 1.26 bits per heavy atom. The molecule has 0 spiro atoms. The van der Waals surface area contributed by atoms with E-state index in [0.717, 1.165) is 16.4 Å². The van der Waals surface area contributed by atoms with E-state index in [1.54, 1.807) is 12.1 Å². The van der Waals surface area contributed by atoms with E-state index < -0.39 is 34.3 Å². The normalized spacial score (nSPS) is 19.4. The van der Waals surface area contributed by atoms with Gasteiger partial charge in [-0.15, -0.1) is 0 Å². The molecule has 1 aromatic heterocycles. The minimum Gasteiger partial charge on any atom is -0.481 e. The van der Waals surface area contributed by atoms with E-state index in [2.05, 4.69) is 4.98 Å². The number of hydrogen-bond donors (Lipinski definition) is 1. The molecule has 0 aliphatic carbocycles. The number of carboxylic acids is 1. The van der Waals surface area contributed by atoms with Crippen molar-refractivity contribution in [2.24, 2.45) is 0 Å². The van der Waals surface area contributed by atoms with Crippen LogP contribution in [0.2, 0.25) is 0 Å². The number of pyridine rings is 1. The third-order valence-electron chi connectivity index (χ3n) is 3.72. The van der Waals surface area contributed by atoms with E-state index in [1.807, 2.05) is 0 Å². The third kappa shape index (κ3) is 2.82. The van der Waals surface area contributed by atoms with Crippen LogP contribution in [0.4, 0.5) is 4.39 Å². The monoisotopic (exact) mass is 336 g/mol. The Morgan fingerprint density at radius 3 is 2.61 bits per heavy atom. The van der Waals surface area contributed by atoms with Crippen molar-refractivity contribution >= 4 is 16.0 Å². The fourth-order valence-electron chi connectivity index (χ4n) is 2.70. The van der Waals surface area contributed by atoms with E-state index in [1.165, 1.54) is 18.5 Å². The minimum absolute atomic E-state index is 0.000894. The molecule has 0 bridgehead atoms. The molecule has 2 aromatic rings. The van der Waals surface area contributed by atoms with E-state index in [9.17, 15) is 17.6 Å². The first kappa shape index (κ1) is 15.6. The Balaban J connectivity index is 2.08. The molecular formula is C15H13FN2O4S. The number of halogens is 1. The number of aromatic nitrogens is 1. The SMILES string of the molecule is O=C(O)C[C@H]1c2cc(F)ccc2S(=O)(=O)N1Cc1ccncc1. The van der Waals surface area contributed by atoms with Gasteiger partial charge in [0.2, 0.25) is 10.0 Å². The maximum Gasteiger partial charge on any atom is 0.305 e. The van der Waals surface area contributed by atoms with Gasteiger partial charge in [0.25, 0.3) is 0 Å². The van der Waals surface area contributed by atoms with Crippen LogP contribution in [-0.2, 0) is 21.4 Å². The van der Waals surface area contributed by atoms with Crippen molar-refractivity contribution in [1.29, 1.82) is 0 Å². The van der Waals surface area contributed by atoms with Crippen molar-refractivity contribution < 1.29 is 22.7 Å². The molecule has 0 fully saturated rings. The van der Waals surface area contributed by atoms with Gasteiger partial charge in [0.05, 0.1) is 17.4 Å². The zero-order valence-corrected chi connectivity index (χ0v) is 12.7. The molecule has 0 saturated heterocycles. The smallest absolute Gasteiger partial charge is 0.305 e. The number of carbonyl (C=O) groups is 1.